The van der Waals surface area contributed by atoms with Crippen molar-refractivity contribution in [2.24, 2.45) is 5.73 Å². The minimum absolute atomic E-state index is 0.165. The molecule has 3 heteroatoms. The molecule has 1 aliphatic carbocycles. The summed E-state index contributed by atoms with van der Waals surface area (Å²) < 4.78 is 5.65. The molecule has 0 radical (unpaired) electrons. The second-order valence-electron chi connectivity index (χ2n) is 3.78. The van der Waals surface area contributed by atoms with Crippen LogP contribution in [0, 0.1) is 0 Å². The molecule has 2 rings (SSSR count). The molecule has 1 fully saturated rings. The van der Waals surface area contributed by atoms with E-state index in [2.05, 4.69) is 0 Å². The molecule has 3 N–H and O–H groups in total. The monoisotopic (exact) mass is 193 g/mol. The summed E-state index contributed by atoms with van der Waals surface area (Å²) in [7, 11) is 0. The van der Waals surface area contributed by atoms with E-state index in [1.165, 1.54) is 0 Å². The van der Waals surface area contributed by atoms with E-state index in [1.54, 1.807) is 18.2 Å². The van der Waals surface area contributed by atoms with Gasteiger partial charge < -0.3 is 15.6 Å². The zero-order chi connectivity index (χ0) is 9.97. The third-order valence-corrected chi connectivity index (χ3v) is 2.58. The van der Waals surface area contributed by atoms with Crippen LogP contribution >= 0.6 is 0 Å². The van der Waals surface area contributed by atoms with Crippen LogP contribution < -0.4 is 10.5 Å². The Hall–Kier alpha value is -1.22. The quantitative estimate of drug-likeness (QED) is 0.750. The van der Waals surface area contributed by atoms with E-state index in [9.17, 15) is 5.11 Å². The van der Waals surface area contributed by atoms with Gasteiger partial charge in [0.15, 0.2) is 11.5 Å². The molecule has 0 saturated heterocycles. The summed E-state index contributed by atoms with van der Waals surface area (Å²) in [5.74, 6) is 0.763. The molecule has 0 aromatic heterocycles. The Balaban J connectivity index is 2.01. The predicted octanol–water partition coefficient (Wildman–Crippen LogP) is 1.65. The van der Waals surface area contributed by atoms with Gasteiger partial charge in [0.2, 0.25) is 0 Å². The summed E-state index contributed by atoms with van der Waals surface area (Å²) >= 11 is 0. The molecule has 1 saturated carbocycles. The highest BCUT2D eigenvalue weighted by atomic mass is 16.5. The van der Waals surface area contributed by atoms with Crippen LogP contribution in [0.1, 0.15) is 19.3 Å². The normalized spacial score (nSPS) is 26.4. The molecule has 0 aliphatic heterocycles. The summed E-state index contributed by atoms with van der Waals surface area (Å²) in [4.78, 5) is 0. The maximum Gasteiger partial charge on any atom is 0.161 e. The SMILES string of the molecule is NC1CCC(Oc2ccccc2O)C1. The summed E-state index contributed by atoms with van der Waals surface area (Å²) in [6, 6.07) is 7.29. The summed E-state index contributed by atoms with van der Waals surface area (Å²) in [5.41, 5.74) is 5.77. The van der Waals surface area contributed by atoms with Crippen molar-refractivity contribution in [3.63, 3.8) is 0 Å². The lowest BCUT2D eigenvalue weighted by Crippen LogP contribution is -2.19. The van der Waals surface area contributed by atoms with Crippen LogP contribution in [0.25, 0.3) is 0 Å². The number of hydrogen-bond acceptors (Lipinski definition) is 3. The highest BCUT2D eigenvalue weighted by molar-refractivity contribution is 5.38. The first-order valence-electron chi connectivity index (χ1n) is 4.96. The maximum absolute atomic E-state index is 9.48. The van der Waals surface area contributed by atoms with Crippen molar-refractivity contribution < 1.29 is 9.84 Å². The fourth-order valence-corrected chi connectivity index (χ4v) is 1.82. The summed E-state index contributed by atoms with van der Waals surface area (Å²) in [6.45, 7) is 0. The molecular weight excluding hydrogens is 178 g/mol. The van der Waals surface area contributed by atoms with Crippen LogP contribution in [0.5, 0.6) is 11.5 Å². The molecule has 0 spiro atoms. The standard InChI is InChI=1S/C11H15NO2/c12-8-5-6-9(7-8)14-11-4-2-1-3-10(11)13/h1-4,8-9,13H,5-7,12H2. The van der Waals surface area contributed by atoms with Crippen LogP contribution in [0.4, 0.5) is 0 Å². The number of benzene rings is 1. The highest BCUT2D eigenvalue weighted by Gasteiger charge is 2.23. The van der Waals surface area contributed by atoms with Gasteiger partial charge in [0.05, 0.1) is 0 Å². The van der Waals surface area contributed by atoms with Crippen molar-refractivity contribution in [3.05, 3.63) is 24.3 Å². The van der Waals surface area contributed by atoms with Crippen molar-refractivity contribution >= 4 is 0 Å². The third-order valence-electron chi connectivity index (χ3n) is 2.58. The average molecular weight is 193 g/mol. The molecule has 0 amide bonds. The smallest absolute Gasteiger partial charge is 0.161 e. The minimum Gasteiger partial charge on any atom is -0.504 e. The Morgan fingerprint density at radius 3 is 2.71 bits per heavy atom. The molecule has 0 bridgehead atoms. The lowest BCUT2D eigenvalue weighted by molar-refractivity contribution is 0.200. The summed E-state index contributed by atoms with van der Waals surface area (Å²) in [6.07, 6.45) is 3.04. The van der Waals surface area contributed by atoms with Crippen LogP contribution in [0.15, 0.2) is 24.3 Å². The van der Waals surface area contributed by atoms with E-state index in [1.807, 2.05) is 6.07 Å². The number of ether oxygens (including phenoxy) is 1. The van der Waals surface area contributed by atoms with E-state index < -0.39 is 0 Å². The molecule has 2 atom stereocenters. The molecule has 3 nitrogen and oxygen atoms in total. The number of nitrogens with two attached hydrogens (primary N) is 1. The fraction of sp³-hybridized carbons (Fsp3) is 0.455. The molecule has 0 heterocycles. The molecule has 76 valence electrons. The number of aromatic hydroxyl groups is 1. The number of phenols is 1. The van der Waals surface area contributed by atoms with Crippen LogP contribution in [0.3, 0.4) is 0 Å². The van der Waals surface area contributed by atoms with E-state index in [0.717, 1.165) is 19.3 Å². The van der Waals surface area contributed by atoms with Gasteiger partial charge >= 0.3 is 0 Å². The summed E-state index contributed by atoms with van der Waals surface area (Å²) in [5, 5.41) is 9.48. The second-order valence-corrected chi connectivity index (χ2v) is 3.78. The number of hydrogen-bond donors (Lipinski definition) is 2. The third kappa shape index (κ3) is 1.99. The largest absolute Gasteiger partial charge is 0.504 e. The van der Waals surface area contributed by atoms with Gasteiger partial charge in [0.25, 0.3) is 0 Å². The zero-order valence-corrected chi connectivity index (χ0v) is 8.02. The highest BCUT2D eigenvalue weighted by Crippen LogP contribution is 2.29. The van der Waals surface area contributed by atoms with Crippen molar-refractivity contribution in [1.82, 2.24) is 0 Å². The Labute approximate surface area is 83.5 Å². The molecule has 1 aromatic rings. The van der Waals surface area contributed by atoms with E-state index in [4.69, 9.17) is 10.5 Å². The van der Waals surface area contributed by atoms with Crippen LogP contribution in [-0.4, -0.2) is 17.3 Å². The molecule has 1 aliphatic rings. The van der Waals surface area contributed by atoms with Crippen LogP contribution in [0.2, 0.25) is 0 Å². The van der Waals surface area contributed by atoms with E-state index in [-0.39, 0.29) is 17.9 Å². The first-order valence-corrected chi connectivity index (χ1v) is 4.96. The minimum atomic E-state index is 0.165. The molecule has 1 aromatic carbocycles. The first-order chi connectivity index (χ1) is 6.75. The lowest BCUT2D eigenvalue weighted by Gasteiger charge is -2.13. The van der Waals surface area contributed by atoms with Gasteiger partial charge in [-0.15, -0.1) is 0 Å². The van der Waals surface area contributed by atoms with Gasteiger partial charge in [0.1, 0.15) is 6.10 Å². The van der Waals surface area contributed by atoms with Gasteiger partial charge in [-0.25, -0.2) is 0 Å². The maximum atomic E-state index is 9.48. The predicted molar refractivity (Wildman–Crippen MR) is 54.3 cm³/mol. The van der Waals surface area contributed by atoms with Crippen LogP contribution in [-0.2, 0) is 0 Å². The fourth-order valence-electron chi connectivity index (χ4n) is 1.82. The van der Waals surface area contributed by atoms with Gasteiger partial charge in [0, 0.05) is 6.04 Å². The van der Waals surface area contributed by atoms with Crippen molar-refractivity contribution in [1.29, 1.82) is 0 Å². The van der Waals surface area contributed by atoms with E-state index in [0.29, 0.717) is 5.75 Å². The molecule has 14 heavy (non-hydrogen) atoms. The van der Waals surface area contributed by atoms with Gasteiger partial charge in [-0.1, -0.05) is 12.1 Å². The van der Waals surface area contributed by atoms with Crippen molar-refractivity contribution in [2.45, 2.75) is 31.4 Å². The molecular formula is C11H15NO2. The number of phenolic OH excluding ortho intramolecular Hbond substituents is 1. The number of rotatable bonds is 2. The topological polar surface area (TPSA) is 55.5 Å². The zero-order valence-electron chi connectivity index (χ0n) is 8.02. The Kier molecular flexibility index (Phi) is 2.59. The Morgan fingerprint density at radius 1 is 1.29 bits per heavy atom. The van der Waals surface area contributed by atoms with Gasteiger partial charge in [-0.3, -0.25) is 0 Å². The van der Waals surface area contributed by atoms with Crippen molar-refractivity contribution in [2.75, 3.05) is 0 Å². The lowest BCUT2D eigenvalue weighted by atomic mass is 10.2. The molecule has 2 unspecified atom stereocenters. The van der Waals surface area contributed by atoms with Gasteiger partial charge in [-0.05, 0) is 31.4 Å². The van der Waals surface area contributed by atoms with E-state index >= 15 is 0 Å². The average Bonchev–Trinajstić information content (AvgIpc) is 2.56. The van der Waals surface area contributed by atoms with Crippen molar-refractivity contribution in [3.8, 4) is 11.5 Å². The van der Waals surface area contributed by atoms with Gasteiger partial charge in [-0.2, -0.15) is 0 Å². The Bertz CT molecular complexity index is 314. The Morgan fingerprint density at radius 2 is 2.07 bits per heavy atom. The number of para-hydroxylation sites is 2. The first kappa shape index (κ1) is 9.34. The second kappa shape index (κ2) is 3.88.